The molecule has 1 aromatic heterocycles. The minimum atomic E-state index is -4.00. The van der Waals surface area contributed by atoms with E-state index in [0.29, 0.717) is 16.8 Å². The van der Waals surface area contributed by atoms with Crippen molar-refractivity contribution < 1.29 is 18.0 Å². The van der Waals surface area contributed by atoms with Gasteiger partial charge in [-0.1, -0.05) is 29.0 Å². The topological polar surface area (TPSA) is 121 Å². The predicted octanol–water partition coefficient (Wildman–Crippen LogP) is 3.53. The van der Waals surface area contributed by atoms with Gasteiger partial charge in [0, 0.05) is 29.9 Å². The molecule has 1 aliphatic heterocycles. The highest BCUT2D eigenvalue weighted by Crippen LogP contribution is 2.24. The van der Waals surface area contributed by atoms with Crippen LogP contribution in [0.25, 0.3) is 0 Å². The molecule has 2 N–H and O–H groups in total. The number of nitrogens with zero attached hydrogens (tertiary/aromatic N) is 3. The number of rotatable bonds is 6. The van der Waals surface area contributed by atoms with Gasteiger partial charge in [-0.05, 0) is 62.6 Å². The second kappa shape index (κ2) is 9.67. The van der Waals surface area contributed by atoms with Crippen LogP contribution < -0.4 is 10.0 Å². The Bertz CT molecular complexity index is 1270. The van der Waals surface area contributed by atoms with Crippen molar-refractivity contribution in [3.05, 3.63) is 65.2 Å². The fourth-order valence-corrected chi connectivity index (χ4v) is 5.44. The molecule has 1 saturated heterocycles. The van der Waals surface area contributed by atoms with E-state index in [1.807, 2.05) is 17.9 Å². The van der Waals surface area contributed by atoms with Crippen molar-refractivity contribution >= 4 is 44.0 Å². The van der Waals surface area contributed by atoms with Gasteiger partial charge in [-0.25, -0.2) is 0 Å². The molecular formula is C22H23N5O4S2. The van der Waals surface area contributed by atoms with Crippen LogP contribution in [0.2, 0.25) is 0 Å². The van der Waals surface area contributed by atoms with Gasteiger partial charge in [0.15, 0.2) is 0 Å². The van der Waals surface area contributed by atoms with Crippen LogP contribution >= 0.6 is 11.3 Å². The number of sulfonamides is 1. The average molecular weight is 486 g/mol. The Labute approximate surface area is 195 Å². The summed E-state index contributed by atoms with van der Waals surface area (Å²) in [5, 5.41) is 10.1. The van der Waals surface area contributed by atoms with Gasteiger partial charge in [-0.2, -0.15) is 8.42 Å². The Kier molecular flexibility index (Phi) is 6.70. The maximum Gasteiger partial charge on any atom is 0.291 e. The van der Waals surface area contributed by atoms with Crippen LogP contribution in [0.5, 0.6) is 0 Å². The molecule has 0 spiro atoms. The second-order valence-electron chi connectivity index (χ2n) is 7.73. The van der Waals surface area contributed by atoms with E-state index in [2.05, 4.69) is 20.2 Å². The van der Waals surface area contributed by atoms with Gasteiger partial charge in [0.05, 0.1) is 0 Å². The van der Waals surface area contributed by atoms with Crippen molar-refractivity contribution in [3.8, 4) is 0 Å². The predicted molar refractivity (Wildman–Crippen MR) is 126 cm³/mol. The smallest absolute Gasteiger partial charge is 0.291 e. The standard InChI is InChI=1S/C22H23N5O4S2/c1-15-6-5-7-17(14-15)19(28)23-21-24-25-22(32-21)33(30,31)26-18-10-8-16(9-11-18)20(29)27-12-3-2-4-13-27/h5-11,14,26H,2-4,12-13H2,1H3,(H,23,24,28). The molecule has 0 unspecified atom stereocenters. The minimum absolute atomic E-state index is 0.0535. The zero-order chi connectivity index (χ0) is 23.4. The summed E-state index contributed by atoms with van der Waals surface area (Å²) in [6, 6.07) is 13.3. The largest absolute Gasteiger partial charge is 0.339 e. The van der Waals surface area contributed by atoms with Crippen LogP contribution in [0.1, 0.15) is 45.5 Å². The summed E-state index contributed by atoms with van der Waals surface area (Å²) >= 11 is 0.748. The lowest BCUT2D eigenvalue weighted by Crippen LogP contribution is -2.35. The lowest BCUT2D eigenvalue weighted by atomic mass is 10.1. The summed E-state index contributed by atoms with van der Waals surface area (Å²) in [7, 11) is -4.00. The molecule has 172 valence electrons. The minimum Gasteiger partial charge on any atom is -0.339 e. The van der Waals surface area contributed by atoms with Gasteiger partial charge in [-0.3, -0.25) is 19.6 Å². The first-order valence-corrected chi connectivity index (χ1v) is 12.8. The normalized spacial score (nSPS) is 14.0. The number of aromatic nitrogens is 2. The Morgan fingerprint density at radius 2 is 1.70 bits per heavy atom. The highest BCUT2D eigenvalue weighted by molar-refractivity contribution is 7.94. The Hall–Kier alpha value is -3.31. The molecule has 0 radical (unpaired) electrons. The van der Waals surface area contributed by atoms with E-state index in [1.54, 1.807) is 30.3 Å². The third-order valence-electron chi connectivity index (χ3n) is 5.16. The first-order valence-electron chi connectivity index (χ1n) is 10.5. The summed E-state index contributed by atoms with van der Waals surface area (Å²) in [5.74, 6) is -0.456. The number of amides is 2. The summed E-state index contributed by atoms with van der Waals surface area (Å²) in [6.45, 7) is 3.36. The van der Waals surface area contributed by atoms with Gasteiger partial charge in [0.25, 0.3) is 26.2 Å². The lowest BCUT2D eigenvalue weighted by molar-refractivity contribution is 0.0724. The van der Waals surface area contributed by atoms with Crippen LogP contribution in [0, 0.1) is 6.92 Å². The maximum atomic E-state index is 12.7. The third-order valence-corrected chi connectivity index (χ3v) is 7.75. The van der Waals surface area contributed by atoms with E-state index in [0.717, 1.165) is 49.3 Å². The SMILES string of the molecule is Cc1cccc(C(=O)Nc2nnc(S(=O)(=O)Nc3ccc(C(=O)N4CCCCC4)cc3)s2)c1. The number of carbonyl (C=O) groups excluding carboxylic acids is 2. The summed E-state index contributed by atoms with van der Waals surface area (Å²) in [6.07, 6.45) is 3.13. The lowest BCUT2D eigenvalue weighted by Gasteiger charge is -2.26. The van der Waals surface area contributed by atoms with Gasteiger partial charge in [0.2, 0.25) is 5.13 Å². The number of likely N-dealkylation sites (tertiary alicyclic amines) is 1. The van der Waals surface area contributed by atoms with E-state index in [4.69, 9.17) is 0 Å². The van der Waals surface area contributed by atoms with E-state index >= 15 is 0 Å². The quantitative estimate of drug-likeness (QED) is 0.515. The molecule has 33 heavy (non-hydrogen) atoms. The number of piperidine rings is 1. The van der Waals surface area contributed by atoms with Crippen molar-refractivity contribution in [2.75, 3.05) is 23.1 Å². The molecule has 2 heterocycles. The fourth-order valence-electron chi connectivity index (χ4n) is 3.48. The summed E-state index contributed by atoms with van der Waals surface area (Å²) in [4.78, 5) is 26.7. The Balaban J connectivity index is 1.41. The van der Waals surface area contributed by atoms with E-state index in [1.165, 1.54) is 12.1 Å². The van der Waals surface area contributed by atoms with Crippen LogP contribution in [-0.4, -0.2) is 48.4 Å². The van der Waals surface area contributed by atoms with Crippen molar-refractivity contribution in [2.45, 2.75) is 30.5 Å². The zero-order valence-corrected chi connectivity index (χ0v) is 19.6. The van der Waals surface area contributed by atoms with Crippen molar-refractivity contribution in [1.29, 1.82) is 0 Å². The fraction of sp³-hybridized carbons (Fsp3) is 0.273. The van der Waals surface area contributed by atoms with Gasteiger partial charge >= 0.3 is 0 Å². The molecule has 3 aromatic rings. The molecule has 4 rings (SSSR count). The average Bonchev–Trinajstić information content (AvgIpc) is 3.29. The second-order valence-corrected chi connectivity index (χ2v) is 10.6. The molecule has 2 amide bonds. The number of carbonyl (C=O) groups is 2. The van der Waals surface area contributed by atoms with E-state index in [9.17, 15) is 18.0 Å². The molecule has 11 heteroatoms. The van der Waals surface area contributed by atoms with Crippen LogP contribution in [0.3, 0.4) is 0 Å². The Morgan fingerprint density at radius 1 is 0.970 bits per heavy atom. The third kappa shape index (κ3) is 5.55. The molecule has 9 nitrogen and oxygen atoms in total. The first kappa shape index (κ1) is 22.9. The van der Waals surface area contributed by atoms with Crippen molar-refractivity contribution in [2.24, 2.45) is 0 Å². The number of nitrogens with one attached hydrogen (secondary N) is 2. The number of benzene rings is 2. The molecule has 2 aromatic carbocycles. The van der Waals surface area contributed by atoms with Crippen molar-refractivity contribution in [1.82, 2.24) is 15.1 Å². The number of hydrogen-bond acceptors (Lipinski definition) is 7. The summed E-state index contributed by atoms with van der Waals surface area (Å²) in [5.41, 5.74) is 2.17. The van der Waals surface area contributed by atoms with Crippen LogP contribution in [-0.2, 0) is 10.0 Å². The van der Waals surface area contributed by atoms with E-state index < -0.39 is 15.9 Å². The van der Waals surface area contributed by atoms with Gasteiger partial charge < -0.3 is 4.90 Å². The number of anilines is 2. The number of aryl methyl sites for hydroxylation is 1. The van der Waals surface area contributed by atoms with E-state index in [-0.39, 0.29) is 15.4 Å². The monoisotopic (exact) mass is 485 g/mol. The Morgan fingerprint density at radius 3 is 2.39 bits per heavy atom. The molecule has 0 bridgehead atoms. The maximum absolute atomic E-state index is 12.7. The molecule has 1 aliphatic rings. The van der Waals surface area contributed by atoms with Crippen LogP contribution in [0.4, 0.5) is 10.8 Å². The van der Waals surface area contributed by atoms with Gasteiger partial charge in [-0.15, -0.1) is 10.2 Å². The molecular weight excluding hydrogens is 462 g/mol. The molecule has 0 saturated carbocycles. The number of hydrogen-bond donors (Lipinski definition) is 2. The van der Waals surface area contributed by atoms with Crippen LogP contribution in [0.15, 0.2) is 52.9 Å². The summed E-state index contributed by atoms with van der Waals surface area (Å²) < 4.78 is 27.5. The first-order chi connectivity index (χ1) is 15.8. The van der Waals surface area contributed by atoms with Gasteiger partial charge in [0.1, 0.15) is 0 Å². The molecule has 0 aliphatic carbocycles. The molecule has 1 fully saturated rings. The van der Waals surface area contributed by atoms with Crippen molar-refractivity contribution in [3.63, 3.8) is 0 Å². The zero-order valence-electron chi connectivity index (χ0n) is 17.9. The highest BCUT2D eigenvalue weighted by Gasteiger charge is 2.22. The molecule has 0 atom stereocenters. The highest BCUT2D eigenvalue weighted by atomic mass is 32.2.